The number of hydrogen-bond acceptors (Lipinski definition) is 2. The second-order valence-electron chi connectivity index (χ2n) is 1.75. The van der Waals surface area contributed by atoms with Crippen molar-refractivity contribution < 1.29 is 10.2 Å². The lowest BCUT2D eigenvalue weighted by Crippen LogP contribution is -1.94. The molecule has 0 bridgehead atoms. The van der Waals surface area contributed by atoms with Crippen molar-refractivity contribution in [3.63, 3.8) is 0 Å². The second-order valence-corrected chi connectivity index (χ2v) is 3.14. The first-order valence-electron chi connectivity index (χ1n) is 3.24. The highest BCUT2D eigenvalue weighted by Crippen LogP contribution is 1.96. The zero-order valence-corrected chi connectivity index (χ0v) is 8.57. The molecule has 0 aromatic carbocycles. The summed E-state index contributed by atoms with van der Waals surface area (Å²) in [5.74, 6) is 0.421. The van der Waals surface area contributed by atoms with Gasteiger partial charge in [0.05, 0.1) is 0 Å². The number of aliphatic hydroxyl groups is 2. The molecule has 0 radical (unpaired) electrons. The van der Waals surface area contributed by atoms with Gasteiger partial charge in [-0.05, 0) is 6.42 Å². The van der Waals surface area contributed by atoms with Gasteiger partial charge in [-0.3, -0.25) is 0 Å². The van der Waals surface area contributed by atoms with E-state index >= 15 is 0 Å². The fourth-order valence-electron chi connectivity index (χ4n) is 0.0900. The van der Waals surface area contributed by atoms with Crippen LogP contribution in [0.2, 0.25) is 0 Å². The van der Waals surface area contributed by atoms with Crippen LogP contribution in [-0.2, 0) is 0 Å². The molecule has 0 rings (SSSR count). The monoisotopic (exact) mass is 222 g/mol. The molecule has 0 fully saturated rings. The van der Waals surface area contributed by atoms with Crippen molar-refractivity contribution in [2.75, 3.05) is 5.88 Å². The summed E-state index contributed by atoms with van der Waals surface area (Å²) in [4.78, 5) is 0. The minimum atomic E-state index is -0.762. The van der Waals surface area contributed by atoms with E-state index in [9.17, 15) is 0 Å². The minimum absolute atomic E-state index is 0.421. The zero-order chi connectivity index (χ0) is 9.28. The molecule has 0 aromatic heterocycles. The Morgan fingerprint density at radius 1 is 1.18 bits per heavy atom. The first-order chi connectivity index (χ1) is 5.04. The van der Waals surface area contributed by atoms with Gasteiger partial charge in [0.1, 0.15) is 11.1 Å². The number of rotatable bonds is 3. The largest absolute Gasteiger partial charge is 0.378 e. The van der Waals surface area contributed by atoms with Crippen LogP contribution in [0.5, 0.6) is 0 Å². The van der Waals surface area contributed by atoms with Crippen molar-refractivity contribution >= 4 is 34.8 Å². The third-order valence-corrected chi connectivity index (χ3v) is 1.43. The van der Waals surface area contributed by atoms with Gasteiger partial charge in [-0.2, -0.15) is 0 Å². The molecule has 5 heteroatoms. The zero-order valence-electron chi connectivity index (χ0n) is 6.30. The molecule has 2 unspecified atom stereocenters. The van der Waals surface area contributed by atoms with E-state index in [4.69, 9.17) is 45.0 Å². The quantitative estimate of drug-likeness (QED) is 0.720. The molecule has 2 atom stereocenters. The van der Waals surface area contributed by atoms with Crippen LogP contribution in [0.4, 0.5) is 0 Å². The lowest BCUT2D eigenvalue weighted by Gasteiger charge is -1.91. The molecule has 2 nitrogen and oxygen atoms in total. The van der Waals surface area contributed by atoms with Gasteiger partial charge >= 0.3 is 0 Å². The van der Waals surface area contributed by atoms with Gasteiger partial charge < -0.3 is 10.2 Å². The van der Waals surface area contributed by atoms with Crippen LogP contribution in [0, 0.1) is 0 Å². The van der Waals surface area contributed by atoms with Gasteiger partial charge in [0, 0.05) is 12.3 Å². The van der Waals surface area contributed by atoms with Gasteiger partial charge in [-0.1, -0.05) is 30.1 Å². The molecule has 0 aromatic rings. The Balaban J connectivity index is 0. The average molecular weight is 224 g/mol. The fourth-order valence-corrected chi connectivity index (χ4v) is 0.518. The third kappa shape index (κ3) is 24.9. The molecule has 0 aliphatic carbocycles. The Kier molecular flexibility index (Phi) is 14.0. The van der Waals surface area contributed by atoms with Gasteiger partial charge in [0.2, 0.25) is 0 Å². The first kappa shape index (κ1) is 14.3. The van der Waals surface area contributed by atoms with Gasteiger partial charge in [0.25, 0.3) is 0 Å². The Bertz CT molecular complexity index is 68.8. The van der Waals surface area contributed by atoms with E-state index in [1.165, 1.54) is 0 Å². The van der Waals surface area contributed by atoms with E-state index in [-0.39, 0.29) is 0 Å². The topological polar surface area (TPSA) is 40.5 Å². The highest BCUT2D eigenvalue weighted by molar-refractivity contribution is 6.21. The molecule has 0 spiro atoms. The maximum Gasteiger partial charge on any atom is 0.129 e. The maximum atomic E-state index is 8.23. The normalized spacial score (nSPS) is 14.7. The van der Waals surface area contributed by atoms with Crippen molar-refractivity contribution in [2.45, 2.75) is 30.9 Å². The Labute approximate surface area is 82.1 Å². The number of halogens is 3. The number of alkyl halides is 3. The van der Waals surface area contributed by atoms with Crippen LogP contribution in [-0.4, -0.2) is 27.2 Å². The molecule has 70 valence electrons. The van der Waals surface area contributed by atoms with E-state index in [2.05, 4.69) is 0 Å². The Hall–Kier alpha value is 0.790. The van der Waals surface area contributed by atoms with Crippen LogP contribution in [0.1, 0.15) is 19.8 Å². The summed E-state index contributed by atoms with van der Waals surface area (Å²) in [5, 5.41) is 16.4. The molecule has 2 N–H and O–H groups in total. The molecule has 0 aliphatic heterocycles. The second kappa shape index (κ2) is 10.8. The standard InChI is InChI=1S/C3H6Cl2O.C3H7ClO/c4-2-1-3(5)6;1-2-3(4)5/h3,6H,1-2H2;3,5H,2H2,1H3. The average Bonchev–Trinajstić information content (AvgIpc) is 1.89. The minimum Gasteiger partial charge on any atom is -0.378 e. The smallest absolute Gasteiger partial charge is 0.129 e. The van der Waals surface area contributed by atoms with Crippen molar-refractivity contribution in [1.82, 2.24) is 0 Å². The highest BCUT2D eigenvalue weighted by Gasteiger charge is 1.91. The summed E-state index contributed by atoms with van der Waals surface area (Å²) in [6.45, 7) is 1.82. The van der Waals surface area contributed by atoms with E-state index in [1.807, 2.05) is 6.92 Å². The lowest BCUT2D eigenvalue weighted by atomic mass is 10.5. The van der Waals surface area contributed by atoms with Crippen molar-refractivity contribution in [3.05, 3.63) is 0 Å². The van der Waals surface area contributed by atoms with Crippen LogP contribution in [0.3, 0.4) is 0 Å². The summed E-state index contributed by atoms with van der Waals surface area (Å²) in [6.07, 6.45) is 1.09. The Morgan fingerprint density at radius 3 is 1.55 bits per heavy atom. The predicted molar refractivity (Wildman–Crippen MR) is 49.3 cm³/mol. The van der Waals surface area contributed by atoms with E-state index in [0.29, 0.717) is 18.7 Å². The Morgan fingerprint density at radius 2 is 1.55 bits per heavy atom. The van der Waals surface area contributed by atoms with Gasteiger partial charge in [-0.15, -0.1) is 11.6 Å². The van der Waals surface area contributed by atoms with Gasteiger partial charge in [0.15, 0.2) is 0 Å². The highest BCUT2D eigenvalue weighted by atomic mass is 35.5. The molecule has 0 aliphatic rings. The molecular formula is C6H13Cl3O2. The first-order valence-corrected chi connectivity index (χ1v) is 4.65. The SMILES string of the molecule is CCC(O)Cl.OC(Cl)CCCl. The number of hydrogen-bond donors (Lipinski definition) is 2. The van der Waals surface area contributed by atoms with Crippen molar-refractivity contribution in [1.29, 1.82) is 0 Å². The molecule has 0 heterocycles. The third-order valence-electron chi connectivity index (χ3n) is 0.684. The maximum absolute atomic E-state index is 8.23. The van der Waals surface area contributed by atoms with Crippen molar-refractivity contribution in [2.24, 2.45) is 0 Å². The van der Waals surface area contributed by atoms with Crippen molar-refractivity contribution in [3.8, 4) is 0 Å². The molecule has 0 amide bonds. The molecule has 0 saturated heterocycles. The van der Waals surface area contributed by atoms with E-state index < -0.39 is 11.1 Å². The summed E-state index contributed by atoms with van der Waals surface area (Å²) >= 11 is 15.2. The summed E-state index contributed by atoms with van der Waals surface area (Å²) in [7, 11) is 0. The summed E-state index contributed by atoms with van der Waals surface area (Å²) < 4.78 is 0. The van der Waals surface area contributed by atoms with Gasteiger partial charge in [-0.25, -0.2) is 0 Å². The summed E-state index contributed by atoms with van der Waals surface area (Å²) in [6, 6.07) is 0. The summed E-state index contributed by atoms with van der Waals surface area (Å²) in [5.41, 5.74) is -1.41. The molecule has 11 heavy (non-hydrogen) atoms. The van der Waals surface area contributed by atoms with E-state index in [0.717, 1.165) is 0 Å². The molecular weight excluding hydrogens is 210 g/mol. The van der Waals surface area contributed by atoms with Crippen LogP contribution >= 0.6 is 34.8 Å². The molecule has 0 saturated carbocycles. The lowest BCUT2D eigenvalue weighted by molar-refractivity contribution is 0.252. The van der Waals surface area contributed by atoms with Crippen LogP contribution < -0.4 is 0 Å². The van der Waals surface area contributed by atoms with Crippen LogP contribution in [0.25, 0.3) is 0 Å². The fraction of sp³-hybridized carbons (Fsp3) is 1.00. The van der Waals surface area contributed by atoms with Crippen LogP contribution in [0.15, 0.2) is 0 Å². The predicted octanol–water partition coefficient (Wildman–Crippen LogP) is 2.13. The van der Waals surface area contributed by atoms with E-state index in [1.54, 1.807) is 0 Å². The number of aliphatic hydroxyl groups excluding tert-OH is 2.